The summed E-state index contributed by atoms with van der Waals surface area (Å²) in [6.45, 7) is 3.76. The number of rotatable bonds is 8. The fourth-order valence-electron chi connectivity index (χ4n) is 4.43. The van der Waals surface area contributed by atoms with E-state index in [1.165, 1.54) is 18.2 Å². The molecule has 0 N–H and O–H groups in total. The van der Waals surface area contributed by atoms with Gasteiger partial charge in [0.25, 0.3) is 5.56 Å². The van der Waals surface area contributed by atoms with Gasteiger partial charge in [-0.05, 0) is 56.5 Å². The van der Waals surface area contributed by atoms with E-state index < -0.39 is 12.1 Å². The van der Waals surface area contributed by atoms with Gasteiger partial charge in [0, 0.05) is 5.92 Å². The fourth-order valence-corrected chi connectivity index (χ4v) is 4.70. The maximum atomic E-state index is 13.4. The van der Waals surface area contributed by atoms with E-state index >= 15 is 0 Å². The first kappa shape index (κ1) is 25.7. The number of carbonyl (C=O) groups excluding carboxylic acids is 1. The Morgan fingerprint density at radius 1 is 1.25 bits per heavy atom. The van der Waals surface area contributed by atoms with Gasteiger partial charge in [0.2, 0.25) is 0 Å². The van der Waals surface area contributed by atoms with Gasteiger partial charge in [-0.2, -0.15) is 9.78 Å². The van der Waals surface area contributed by atoms with Crippen LogP contribution in [0.15, 0.2) is 46.3 Å². The summed E-state index contributed by atoms with van der Waals surface area (Å²) >= 11 is 6.51. The number of esters is 1. The quantitative estimate of drug-likeness (QED) is 0.300. The molecule has 0 bridgehead atoms. The number of benzene rings is 2. The molecule has 0 amide bonds. The molecule has 1 aromatic heterocycles. The number of hydrogen-bond donors (Lipinski definition) is 0. The van der Waals surface area contributed by atoms with Gasteiger partial charge in [0.05, 0.1) is 35.9 Å². The van der Waals surface area contributed by atoms with Crippen LogP contribution in [0.3, 0.4) is 0 Å². The molecule has 0 spiro atoms. The molecule has 0 radical (unpaired) electrons. The molecule has 8 nitrogen and oxygen atoms in total. The van der Waals surface area contributed by atoms with Crippen LogP contribution in [-0.2, 0) is 9.53 Å². The molecule has 1 atom stereocenters. The largest absolute Gasteiger partial charge is 0.490 e. The van der Waals surface area contributed by atoms with Gasteiger partial charge in [-0.25, -0.2) is 9.78 Å². The van der Waals surface area contributed by atoms with Crippen molar-refractivity contribution >= 4 is 34.7 Å². The third-order valence-corrected chi connectivity index (χ3v) is 6.51. The van der Waals surface area contributed by atoms with Gasteiger partial charge in [-0.3, -0.25) is 4.79 Å². The van der Waals surface area contributed by atoms with Crippen LogP contribution < -0.4 is 15.0 Å². The number of methoxy groups -OCH3 is 1. The molecular formula is C27H30ClN3O5. The minimum atomic E-state index is -0.869. The van der Waals surface area contributed by atoms with Crippen molar-refractivity contribution in [3.05, 3.63) is 63.2 Å². The number of carbonyl (C=O) groups is 1. The van der Waals surface area contributed by atoms with E-state index in [1.54, 1.807) is 31.3 Å². The molecule has 1 aliphatic carbocycles. The van der Waals surface area contributed by atoms with Crippen molar-refractivity contribution in [2.75, 3.05) is 13.7 Å². The number of fused-ring (bicyclic) bond motifs is 1. The molecule has 2 aromatic carbocycles. The lowest BCUT2D eigenvalue weighted by atomic mass is 9.88. The smallest absolute Gasteiger partial charge is 0.346 e. The zero-order chi connectivity index (χ0) is 25.7. The number of halogens is 1. The van der Waals surface area contributed by atoms with Gasteiger partial charge in [0.1, 0.15) is 5.82 Å². The van der Waals surface area contributed by atoms with Crippen LogP contribution in [0.5, 0.6) is 11.5 Å². The van der Waals surface area contributed by atoms with Crippen LogP contribution in [0.2, 0.25) is 5.02 Å². The topological polar surface area (TPSA) is 92.0 Å². The maximum Gasteiger partial charge on any atom is 0.346 e. The van der Waals surface area contributed by atoms with E-state index in [1.807, 2.05) is 25.1 Å². The van der Waals surface area contributed by atoms with Crippen molar-refractivity contribution in [3.8, 4) is 11.5 Å². The summed E-state index contributed by atoms with van der Waals surface area (Å²) < 4.78 is 17.6. The van der Waals surface area contributed by atoms with Crippen molar-refractivity contribution < 1.29 is 19.0 Å². The summed E-state index contributed by atoms with van der Waals surface area (Å²) in [6, 6.07) is 10.7. The first-order valence-corrected chi connectivity index (χ1v) is 12.6. The minimum absolute atomic E-state index is 0.173. The van der Waals surface area contributed by atoms with Gasteiger partial charge < -0.3 is 14.2 Å². The van der Waals surface area contributed by atoms with Crippen LogP contribution in [0.25, 0.3) is 10.9 Å². The van der Waals surface area contributed by atoms with Crippen molar-refractivity contribution in [2.24, 2.45) is 5.10 Å². The number of aromatic nitrogens is 2. The van der Waals surface area contributed by atoms with Crippen molar-refractivity contribution in [2.45, 2.75) is 58.0 Å². The summed E-state index contributed by atoms with van der Waals surface area (Å²) in [6.07, 6.45) is 6.05. The Kier molecular flexibility index (Phi) is 8.25. The van der Waals surface area contributed by atoms with Gasteiger partial charge in [-0.1, -0.05) is 43.0 Å². The molecule has 1 aliphatic rings. The Labute approximate surface area is 214 Å². The van der Waals surface area contributed by atoms with Gasteiger partial charge in [0.15, 0.2) is 17.6 Å². The Hall–Kier alpha value is -3.39. The van der Waals surface area contributed by atoms with Gasteiger partial charge in [-0.15, -0.1) is 0 Å². The lowest BCUT2D eigenvalue weighted by molar-refractivity contribution is -0.147. The van der Waals surface area contributed by atoms with Crippen molar-refractivity contribution in [3.63, 3.8) is 0 Å². The summed E-state index contributed by atoms with van der Waals surface area (Å²) in [7, 11) is 1.29. The zero-order valence-corrected chi connectivity index (χ0v) is 21.5. The summed E-state index contributed by atoms with van der Waals surface area (Å²) in [5.41, 5.74) is 1.08. The second kappa shape index (κ2) is 11.6. The maximum absolute atomic E-state index is 13.4. The van der Waals surface area contributed by atoms with E-state index in [-0.39, 0.29) is 22.2 Å². The van der Waals surface area contributed by atoms with E-state index in [9.17, 15) is 9.59 Å². The van der Waals surface area contributed by atoms with E-state index in [2.05, 4.69) is 5.10 Å². The SMILES string of the molecule is CCOc1cc(C=Nn2c(C3CCCCC3)nc3ccccc3c2=O)cc(Cl)c1O[C@@H](C)C(=O)OC. The van der Waals surface area contributed by atoms with Crippen molar-refractivity contribution in [1.29, 1.82) is 0 Å². The highest BCUT2D eigenvalue weighted by atomic mass is 35.5. The Bertz CT molecular complexity index is 1330. The Balaban J connectivity index is 1.75. The summed E-state index contributed by atoms with van der Waals surface area (Å²) in [4.78, 5) is 30.1. The molecule has 0 saturated heterocycles. The van der Waals surface area contributed by atoms with E-state index in [0.717, 1.165) is 25.7 Å². The molecule has 36 heavy (non-hydrogen) atoms. The third-order valence-electron chi connectivity index (χ3n) is 6.23. The number of para-hydroxylation sites is 1. The molecule has 1 heterocycles. The number of ether oxygens (including phenoxy) is 3. The van der Waals surface area contributed by atoms with Gasteiger partial charge >= 0.3 is 5.97 Å². The van der Waals surface area contributed by atoms with Crippen LogP contribution >= 0.6 is 11.6 Å². The third kappa shape index (κ3) is 5.54. The molecular weight excluding hydrogens is 482 g/mol. The molecule has 190 valence electrons. The molecule has 1 saturated carbocycles. The average Bonchev–Trinajstić information content (AvgIpc) is 2.90. The highest BCUT2D eigenvalue weighted by Crippen LogP contribution is 2.37. The van der Waals surface area contributed by atoms with Crippen LogP contribution in [-0.4, -0.2) is 41.7 Å². The monoisotopic (exact) mass is 511 g/mol. The summed E-state index contributed by atoms with van der Waals surface area (Å²) in [5.74, 6) is 0.918. The number of hydrogen-bond acceptors (Lipinski definition) is 7. The highest BCUT2D eigenvalue weighted by Gasteiger charge is 2.23. The predicted molar refractivity (Wildman–Crippen MR) is 140 cm³/mol. The lowest BCUT2D eigenvalue weighted by Crippen LogP contribution is -2.25. The first-order valence-electron chi connectivity index (χ1n) is 12.2. The molecule has 9 heteroatoms. The highest BCUT2D eigenvalue weighted by molar-refractivity contribution is 6.32. The second-order valence-corrected chi connectivity index (χ2v) is 9.14. The minimum Gasteiger partial charge on any atom is -0.490 e. The van der Waals surface area contributed by atoms with E-state index in [0.29, 0.717) is 34.6 Å². The van der Waals surface area contributed by atoms with E-state index in [4.69, 9.17) is 30.8 Å². The first-order chi connectivity index (χ1) is 17.4. The molecule has 0 aliphatic heterocycles. The Morgan fingerprint density at radius 3 is 2.72 bits per heavy atom. The molecule has 3 aromatic rings. The van der Waals surface area contributed by atoms with Crippen LogP contribution in [0.4, 0.5) is 0 Å². The van der Waals surface area contributed by atoms with Crippen LogP contribution in [0.1, 0.15) is 63.3 Å². The second-order valence-electron chi connectivity index (χ2n) is 8.73. The fraction of sp³-hybridized carbons (Fsp3) is 0.407. The average molecular weight is 512 g/mol. The standard InChI is InChI=1S/C27H30ClN3O5/c1-4-35-23-15-18(14-21(28)24(23)36-17(2)27(33)34-3)16-29-31-25(19-10-6-5-7-11-19)30-22-13-9-8-12-20(22)26(31)32/h8-9,12-17,19H,4-7,10-11H2,1-3H3/t17-/m0/s1. The number of nitrogens with zero attached hydrogens (tertiary/aromatic N) is 3. The molecule has 4 rings (SSSR count). The predicted octanol–water partition coefficient (Wildman–Crippen LogP) is 5.32. The van der Waals surface area contributed by atoms with Crippen molar-refractivity contribution in [1.82, 2.24) is 9.66 Å². The molecule has 1 fully saturated rings. The zero-order valence-electron chi connectivity index (χ0n) is 20.7. The van der Waals surface area contributed by atoms with Crippen LogP contribution in [0, 0.1) is 0 Å². The Morgan fingerprint density at radius 2 is 2.00 bits per heavy atom. The lowest BCUT2D eigenvalue weighted by Gasteiger charge is -2.22. The normalized spacial score (nSPS) is 15.2. The molecule has 0 unspecified atom stereocenters. The summed E-state index contributed by atoms with van der Waals surface area (Å²) in [5, 5.41) is 5.32.